The van der Waals surface area contributed by atoms with Gasteiger partial charge in [0, 0.05) is 44.3 Å². The Morgan fingerprint density at radius 3 is 2.32 bits per heavy atom. The zero-order chi connectivity index (χ0) is 21.9. The summed E-state index contributed by atoms with van der Waals surface area (Å²) >= 11 is 1.79. The number of hydrogen-bond donors (Lipinski definition) is 1. The second-order valence-corrected chi connectivity index (χ2v) is 14.3. The van der Waals surface area contributed by atoms with Crippen LogP contribution in [0.3, 0.4) is 0 Å². The summed E-state index contributed by atoms with van der Waals surface area (Å²) in [7, 11) is -1.29. The number of nitrogens with zero attached hydrogens (tertiary/aromatic N) is 1. The number of thiophene rings is 1. The SMILES string of the molecule is CC(=O)/C=C(/C)O.C[Si](C)(C)c1c[c-]c(-c2nc3ccccc3c3sccc23)cc1.[Ir]. The number of rotatable bonds is 3. The van der Waals surface area contributed by atoms with Gasteiger partial charge in [-0.15, -0.1) is 46.4 Å². The van der Waals surface area contributed by atoms with Crippen LogP contribution in [0, 0.1) is 6.07 Å². The molecule has 0 fully saturated rings. The van der Waals surface area contributed by atoms with Gasteiger partial charge in [-0.2, -0.15) is 0 Å². The molecule has 1 N–H and O–H groups in total. The normalized spacial score (nSPS) is 11.6. The monoisotopic (exact) mass is 625 g/mol. The molecule has 1 radical (unpaired) electrons. The molecular weight excluding hydrogens is 599 g/mol. The van der Waals surface area contributed by atoms with E-state index in [4.69, 9.17) is 10.1 Å². The van der Waals surface area contributed by atoms with E-state index in [9.17, 15) is 4.79 Å². The first-order valence-corrected chi connectivity index (χ1v) is 14.2. The molecular formula is C25H26IrNO2SSi-. The third kappa shape index (κ3) is 6.20. The van der Waals surface area contributed by atoms with Crippen molar-refractivity contribution in [3.05, 3.63) is 71.8 Å². The minimum Gasteiger partial charge on any atom is -0.512 e. The number of carbonyl (C=O) groups is 1. The van der Waals surface area contributed by atoms with Crippen LogP contribution in [-0.4, -0.2) is 23.9 Å². The number of carbonyl (C=O) groups excluding carboxylic acids is 1. The van der Waals surface area contributed by atoms with E-state index in [1.807, 2.05) is 0 Å². The Hall–Kier alpha value is -2.11. The number of fused-ring (bicyclic) bond motifs is 3. The maximum atomic E-state index is 10.0. The van der Waals surface area contributed by atoms with Crippen LogP contribution < -0.4 is 5.19 Å². The van der Waals surface area contributed by atoms with E-state index in [-0.39, 0.29) is 31.6 Å². The number of aliphatic hydroxyl groups is 1. The molecule has 31 heavy (non-hydrogen) atoms. The Bertz CT molecular complexity index is 1220. The van der Waals surface area contributed by atoms with E-state index in [1.54, 1.807) is 11.3 Å². The minimum atomic E-state index is -1.29. The first-order chi connectivity index (χ1) is 14.2. The fourth-order valence-corrected chi connectivity index (χ4v) is 5.21. The first-order valence-electron chi connectivity index (χ1n) is 9.83. The molecule has 6 heteroatoms. The molecule has 0 saturated carbocycles. The molecule has 2 heterocycles. The van der Waals surface area contributed by atoms with Gasteiger partial charge in [-0.25, -0.2) is 0 Å². The Morgan fingerprint density at radius 2 is 1.77 bits per heavy atom. The van der Waals surface area contributed by atoms with Gasteiger partial charge >= 0.3 is 0 Å². The molecule has 4 aromatic rings. The Morgan fingerprint density at radius 1 is 1.06 bits per heavy atom. The van der Waals surface area contributed by atoms with Gasteiger partial charge in [0.25, 0.3) is 0 Å². The van der Waals surface area contributed by atoms with Crippen LogP contribution in [0.15, 0.2) is 65.7 Å². The average molecular weight is 625 g/mol. The van der Waals surface area contributed by atoms with Crippen LogP contribution in [0.1, 0.15) is 13.8 Å². The predicted molar refractivity (Wildman–Crippen MR) is 131 cm³/mol. The molecule has 0 saturated heterocycles. The third-order valence-electron chi connectivity index (χ3n) is 4.65. The number of pyridine rings is 1. The molecule has 3 nitrogen and oxygen atoms in total. The fourth-order valence-electron chi connectivity index (χ4n) is 3.19. The number of ketones is 1. The van der Waals surface area contributed by atoms with Gasteiger partial charge in [0.05, 0.1) is 11.3 Å². The van der Waals surface area contributed by atoms with Crippen molar-refractivity contribution in [3.8, 4) is 11.3 Å². The van der Waals surface area contributed by atoms with Gasteiger partial charge in [-0.05, 0) is 36.4 Å². The summed E-state index contributed by atoms with van der Waals surface area (Å²) < 4.78 is 1.31. The van der Waals surface area contributed by atoms with Gasteiger partial charge in [-0.1, -0.05) is 43.9 Å². The van der Waals surface area contributed by atoms with Crippen molar-refractivity contribution >= 4 is 51.4 Å². The van der Waals surface area contributed by atoms with Crippen molar-refractivity contribution in [1.82, 2.24) is 4.98 Å². The van der Waals surface area contributed by atoms with E-state index >= 15 is 0 Å². The minimum absolute atomic E-state index is 0. The molecule has 4 rings (SSSR count). The molecule has 0 unspecified atom stereocenters. The van der Waals surface area contributed by atoms with E-state index in [2.05, 4.69) is 79.6 Å². The molecule has 163 valence electrons. The van der Waals surface area contributed by atoms with E-state index in [0.29, 0.717) is 0 Å². The molecule has 0 aliphatic rings. The smallest absolute Gasteiger partial charge is 0.155 e. The number of allylic oxidation sites excluding steroid dienone is 2. The van der Waals surface area contributed by atoms with Gasteiger partial charge in [0.1, 0.15) is 0 Å². The van der Waals surface area contributed by atoms with Crippen molar-refractivity contribution in [3.63, 3.8) is 0 Å². The van der Waals surface area contributed by atoms with Crippen LogP contribution in [0.2, 0.25) is 19.6 Å². The topological polar surface area (TPSA) is 50.2 Å². The number of para-hydroxylation sites is 1. The van der Waals surface area contributed by atoms with Crippen LogP contribution >= 0.6 is 11.3 Å². The quantitative estimate of drug-likeness (QED) is 0.123. The molecule has 0 amide bonds. The average Bonchev–Trinajstić information content (AvgIpc) is 3.16. The van der Waals surface area contributed by atoms with Crippen LogP contribution in [0.4, 0.5) is 0 Å². The largest absolute Gasteiger partial charge is 0.512 e. The summed E-state index contributed by atoms with van der Waals surface area (Å²) in [5, 5.41) is 14.4. The summed E-state index contributed by atoms with van der Waals surface area (Å²) in [4.78, 5) is 14.9. The molecule has 2 aromatic carbocycles. The van der Waals surface area contributed by atoms with Crippen LogP contribution in [-0.2, 0) is 24.9 Å². The molecule has 0 atom stereocenters. The Kier molecular flexibility index (Phi) is 8.49. The van der Waals surface area contributed by atoms with E-state index in [0.717, 1.165) is 16.8 Å². The van der Waals surface area contributed by atoms with Gasteiger partial charge in [0.2, 0.25) is 0 Å². The van der Waals surface area contributed by atoms with E-state index < -0.39 is 8.07 Å². The van der Waals surface area contributed by atoms with Gasteiger partial charge in [-0.3, -0.25) is 9.78 Å². The summed E-state index contributed by atoms with van der Waals surface area (Å²) in [6.07, 6.45) is 1.17. The Balaban J connectivity index is 0.000000373. The van der Waals surface area contributed by atoms with Gasteiger partial charge in [0.15, 0.2) is 5.78 Å². The second-order valence-electron chi connectivity index (χ2n) is 8.28. The molecule has 0 spiro atoms. The third-order valence-corrected chi connectivity index (χ3v) is 7.64. The number of aromatic nitrogens is 1. The Labute approximate surface area is 202 Å². The number of benzene rings is 2. The van der Waals surface area contributed by atoms with Crippen LogP contribution in [0.25, 0.3) is 32.2 Å². The molecule has 2 aromatic heterocycles. The summed E-state index contributed by atoms with van der Waals surface area (Å²) in [6, 6.07) is 20.6. The summed E-state index contributed by atoms with van der Waals surface area (Å²) in [5.41, 5.74) is 3.18. The van der Waals surface area contributed by atoms with Crippen LogP contribution in [0.5, 0.6) is 0 Å². The standard InChI is InChI=1S/C20H18NSSi.C5H8O2.Ir/c1-23(2,3)15-10-8-14(9-11-15)19-17-12-13-22-20(17)16-6-4-5-7-18(16)21-19;1-4(6)3-5(2)7;/h4-8,10-13H,1-3H3;3,6H,1-2H3;/q-1;;/b;4-3-;. The number of hydrogen-bond acceptors (Lipinski definition) is 4. The summed E-state index contributed by atoms with van der Waals surface area (Å²) in [6.45, 7) is 9.94. The molecule has 0 bridgehead atoms. The summed E-state index contributed by atoms with van der Waals surface area (Å²) in [5.74, 6) is -0.0625. The van der Waals surface area contributed by atoms with E-state index in [1.165, 1.54) is 40.6 Å². The maximum absolute atomic E-state index is 10.0. The van der Waals surface area contributed by atoms with Crippen molar-refractivity contribution < 1.29 is 30.0 Å². The number of aliphatic hydroxyl groups excluding tert-OH is 1. The van der Waals surface area contributed by atoms with Crippen molar-refractivity contribution in [2.24, 2.45) is 0 Å². The molecule has 0 aliphatic heterocycles. The van der Waals surface area contributed by atoms with Crippen molar-refractivity contribution in [2.75, 3.05) is 0 Å². The van der Waals surface area contributed by atoms with Crippen molar-refractivity contribution in [1.29, 1.82) is 0 Å². The first kappa shape index (κ1) is 25.1. The maximum Gasteiger partial charge on any atom is 0.155 e. The zero-order valence-corrected chi connectivity index (χ0v) is 22.5. The second kappa shape index (κ2) is 10.5. The van der Waals surface area contributed by atoms with Crippen molar-refractivity contribution in [2.45, 2.75) is 33.5 Å². The zero-order valence-electron chi connectivity index (χ0n) is 18.3. The fraction of sp³-hybridized carbons (Fsp3) is 0.200. The predicted octanol–water partition coefficient (Wildman–Crippen LogP) is 6.50. The molecule has 0 aliphatic carbocycles. The van der Waals surface area contributed by atoms with Gasteiger partial charge < -0.3 is 5.11 Å².